The Bertz CT molecular complexity index is 1000. The van der Waals surface area contributed by atoms with Crippen LogP contribution in [-0.4, -0.2) is 18.6 Å². The first-order chi connectivity index (χ1) is 11.8. The van der Waals surface area contributed by atoms with Crippen LogP contribution in [0.15, 0.2) is 51.9 Å². The monoisotopic (exact) mass is 397 g/mol. The van der Waals surface area contributed by atoms with Crippen molar-refractivity contribution >= 4 is 33.2 Å². The second-order valence-electron chi connectivity index (χ2n) is 5.28. The fraction of sp³-hybridized carbons (Fsp3) is 0.125. The van der Waals surface area contributed by atoms with Gasteiger partial charge in [0.05, 0.1) is 21.5 Å². The van der Waals surface area contributed by atoms with E-state index in [1.165, 1.54) is 18.2 Å². The molecular weight excluding hydrogens is 385 g/mol. The van der Waals surface area contributed by atoms with Gasteiger partial charge in [0.1, 0.15) is 0 Å². The Morgan fingerprint density at radius 1 is 1.08 bits per heavy atom. The molecule has 0 saturated heterocycles. The summed E-state index contributed by atoms with van der Waals surface area (Å²) < 4.78 is 32.0. The molecule has 2 aromatic carbocycles. The topological polar surface area (TPSA) is 85.1 Å². The number of aromatic nitrogens is 2. The average Bonchev–Trinajstić information content (AvgIpc) is 3.05. The van der Waals surface area contributed by atoms with Gasteiger partial charge in [-0.15, -0.1) is 0 Å². The van der Waals surface area contributed by atoms with Crippen molar-refractivity contribution in [3.05, 3.63) is 64.0 Å². The molecule has 0 radical (unpaired) electrons. The molecule has 3 rings (SSSR count). The van der Waals surface area contributed by atoms with Crippen LogP contribution in [0.4, 0.5) is 0 Å². The highest BCUT2D eigenvalue weighted by Crippen LogP contribution is 2.25. The molecular formula is C16H13Cl2N3O3S. The molecule has 0 bridgehead atoms. The third kappa shape index (κ3) is 4.19. The Morgan fingerprint density at radius 2 is 1.80 bits per heavy atom. The van der Waals surface area contributed by atoms with Crippen LogP contribution < -0.4 is 4.72 Å². The van der Waals surface area contributed by atoms with Crippen molar-refractivity contribution in [2.75, 3.05) is 0 Å². The third-order valence-electron chi connectivity index (χ3n) is 3.39. The van der Waals surface area contributed by atoms with E-state index in [4.69, 9.17) is 27.7 Å². The molecule has 0 fully saturated rings. The lowest BCUT2D eigenvalue weighted by molar-refractivity contribution is 0.376. The van der Waals surface area contributed by atoms with Gasteiger partial charge >= 0.3 is 0 Å². The Morgan fingerprint density at radius 3 is 2.48 bits per heavy atom. The summed E-state index contributed by atoms with van der Waals surface area (Å²) in [7, 11) is -3.78. The SMILES string of the molecule is Cc1ccc(-c2noc(CNS(=O)(=O)c3ccc(Cl)c(Cl)c3)n2)cc1. The van der Waals surface area contributed by atoms with Gasteiger partial charge < -0.3 is 4.52 Å². The van der Waals surface area contributed by atoms with E-state index in [9.17, 15) is 8.42 Å². The van der Waals surface area contributed by atoms with E-state index in [1.807, 2.05) is 31.2 Å². The second-order valence-corrected chi connectivity index (χ2v) is 7.86. The van der Waals surface area contributed by atoms with Crippen LogP contribution >= 0.6 is 23.2 Å². The van der Waals surface area contributed by atoms with Gasteiger partial charge in [-0.2, -0.15) is 4.98 Å². The third-order valence-corrected chi connectivity index (χ3v) is 5.53. The highest BCUT2D eigenvalue weighted by molar-refractivity contribution is 7.89. The molecule has 3 aromatic rings. The normalized spacial score (nSPS) is 11.6. The minimum atomic E-state index is -3.78. The summed E-state index contributed by atoms with van der Waals surface area (Å²) in [6.45, 7) is 1.84. The molecule has 0 aliphatic heterocycles. The molecule has 0 spiro atoms. The minimum absolute atomic E-state index is 0.000161. The number of nitrogens with one attached hydrogen (secondary N) is 1. The number of benzene rings is 2. The van der Waals surface area contributed by atoms with Crippen LogP contribution in [0.1, 0.15) is 11.5 Å². The van der Waals surface area contributed by atoms with Gasteiger partial charge in [0.25, 0.3) is 0 Å². The molecule has 9 heteroatoms. The summed E-state index contributed by atoms with van der Waals surface area (Å²) in [5.74, 6) is 0.544. The number of halogens is 2. The fourth-order valence-electron chi connectivity index (χ4n) is 2.03. The minimum Gasteiger partial charge on any atom is -0.338 e. The second kappa shape index (κ2) is 7.13. The number of rotatable bonds is 5. The van der Waals surface area contributed by atoms with E-state index in [0.717, 1.165) is 11.1 Å². The molecule has 0 unspecified atom stereocenters. The van der Waals surface area contributed by atoms with Gasteiger partial charge in [-0.1, -0.05) is 58.2 Å². The van der Waals surface area contributed by atoms with Crippen LogP contribution in [0.2, 0.25) is 10.0 Å². The summed E-state index contributed by atoms with van der Waals surface area (Å²) in [5.41, 5.74) is 1.90. The predicted molar refractivity (Wildman–Crippen MR) is 95.0 cm³/mol. The van der Waals surface area contributed by atoms with Crippen LogP contribution in [0.5, 0.6) is 0 Å². The van der Waals surface area contributed by atoms with Gasteiger partial charge in [0.15, 0.2) is 0 Å². The van der Waals surface area contributed by atoms with E-state index in [1.54, 1.807) is 0 Å². The van der Waals surface area contributed by atoms with E-state index in [-0.39, 0.29) is 27.4 Å². The lowest BCUT2D eigenvalue weighted by Gasteiger charge is -2.05. The molecule has 0 aliphatic carbocycles. The number of hydrogen-bond acceptors (Lipinski definition) is 5. The van der Waals surface area contributed by atoms with Crippen LogP contribution in [-0.2, 0) is 16.6 Å². The standard InChI is InChI=1S/C16H13Cl2N3O3S/c1-10-2-4-11(5-3-10)16-20-15(24-21-16)9-19-25(22,23)12-6-7-13(17)14(18)8-12/h2-8,19H,9H2,1H3. The zero-order valence-corrected chi connectivity index (χ0v) is 15.4. The predicted octanol–water partition coefficient (Wildman–Crippen LogP) is 3.83. The quantitative estimate of drug-likeness (QED) is 0.706. The van der Waals surface area contributed by atoms with Crippen LogP contribution in [0, 0.1) is 6.92 Å². The Balaban J connectivity index is 1.73. The molecule has 1 heterocycles. The molecule has 6 nitrogen and oxygen atoms in total. The number of sulfonamides is 1. The van der Waals surface area contributed by atoms with Gasteiger partial charge in [-0.25, -0.2) is 13.1 Å². The van der Waals surface area contributed by atoms with Crippen LogP contribution in [0.3, 0.4) is 0 Å². The Hall–Kier alpha value is -1.93. The molecule has 130 valence electrons. The summed E-state index contributed by atoms with van der Waals surface area (Å²) in [6, 6.07) is 11.6. The summed E-state index contributed by atoms with van der Waals surface area (Å²) in [4.78, 5) is 4.19. The summed E-state index contributed by atoms with van der Waals surface area (Å²) in [6.07, 6.45) is 0. The van der Waals surface area contributed by atoms with Gasteiger partial charge in [-0.05, 0) is 25.1 Å². The van der Waals surface area contributed by atoms with Gasteiger partial charge in [0.2, 0.25) is 21.7 Å². The molecule has 0 aliphatic rings. The van der Waals surface area contributed by atoms with Gasteiger partial charge in [0, 0.05) is 5.56 Å². The van der Waals surface area contributed by atoms with E-state index >= 15 is 0 Å². The van der Waals surface area contributed by atoms with Crippen molar-refractivity contribution in [2.24, 2.45) is 0 Å². The first-order valence-electron chi connectivity index (χ1n) is 7.19. The maximum Gasteiger partial charge on any atom is 0.242 e. The highest BCUT2D eigenvalue weighted by Gasteiger charge is 2.17. The van der Waals surface area contributed by atoms with E-state index < -0.39 is 10.0 Å². The maximum atomic E-state index is 12.3. The lowest BCUT2D eigenvalue weighted by Crippen LogP contribution is -2.23. The largest absolute Gasteiger partial charge is 0.338 e. The molecule has 25 heavy (non-hydrogen) atoms. The number of hydrogen-bond donors (Lipinski definition) is 1. The zero-order chi connectivity index (χ0) is 18.0. The number of aryl methyl sites for hydroxylation is 1. The molecule has 0 saturated carbocycles. The molecule has 1 N–H and O–H groups in total. The van der Waals surface area contributed by atoms with Crippen molar-refractivity contribution in [2.45, 2.75) is 18.4 Å². The zero-order valence-electron chi connectivity index (χ0n) is 13.0. The fourth-order valence-corrected chi connectivity index (χ4v) is 3.39. The first kappa shape index (κ1) is 17.9. The summed E-state index contributed by atoms with van der Waals surface area (Å²) in [5, 5.41) is 4.29. The lowest BCUT2D eigenvalue weighted by atomic mass is 10.1. The average molecular weight is 398 g/mol. The van der Waals surface area contributed by atoms with Crippen LogP contribution in [0.25, 0.3) is 11.4 Å². The molecule has 0 atom stereocenters. The van der Waals surface area contributed by atoms with Crippen molar-refractivity contribution in [3.63, 3.8) is 0 Å². The summed E-state index contributed by atoms with van der Waals surface area (Å²) >= 11 is 11.6. The molecule has 0 amide bonds. The van der Waals surface area contributed by atoms with Crippen molar-refractivity contribution in [3.8, 4) is 11.4 Å². The smallest absolute Gasteiger partial charge is 0.242 e. The Kier molecular flexibility index (Phi) is 5.10. The maximum absolute atomic E-state index is 12.3. The first-order valence-corrected chi connectivity index (χ1v) is 9.43. The van der Waals surface area contributed by atoms with E-state index in [2.05, 4.69) is 14.9 Å². The van der Waals surface area contributed by atoms with Crippen molar-refractivity contribution < 1.29 is 12.9 Å². The number of nitrogens with zero attached hydrogens (tertiary/aromatic N) is 2. The van der Waals surface area contributed by atoms with Crippen molar-refractivity contribution in [1.29, 1.82) is 0 Å². The highest BCUT2D eigenvalue weighted by atomic mass is 35.5. The molecule has 1 aromatic heterocycles. The Labute approximate surface area is 154 Å². The van der Waals surface area contributed by atoms with E-state index in [0.29, 0.717) is 5.82 Å². The van der Waals surface area contributed by atoms with Gasteiger partial charge in [-0.3, -0.25) is 0 Å². The van der Waals surface area contributed by atoms with Crippen molar-refractivity contribution in [1.82, 2.24) is 14.9 Å².